The fourth-order valence-corrected chi connectivity index (χ4v) is 3.62. The highest BCUT2D eigenvalue weighted by molar-refractivity contribution is 5.66. The first-order chi connectivity index (χ1) is 9.08. The number of nitrogens with zero attached hydrogens (tertiary/aromatic N) is 2. The second kappa shape index (κ2) is 6.71. The molecule has 2 rings (SSSR count). The monoisotopic (exact) mass is 268 g/mol. The largest absolute Gasteiger partial charge is 0.481 e. The van der Waals surface area contributed by atoms with Crippen molar-refractivity contribution in [2.75, 3.05) is 20.1 Å². The molecule has 4 nitrogen and oxygen atoms in total. The maximum absolute atomic E-state index is 10.9. The standard InChI is InChI=1S/C15H28N2O2/c1-12-9-10-17(13-5-3-4-6-13)14(11-16(12)2)7-8-15(18)19/h12-14H,3-11H2,1-2H3,(H,18,19). The number of carboxylic acid groups (broad SMARTS) is 1. The number of aliphatic carboxylic acids is 1. The van der Waals surface area contributed by atoms with Gasteiger partial charge in [0, 0.05) is 37.6 Å². The summed E-state index contributed by atoms with van der Waals surface area (Å²) in [7, 11) is 2.18. The summed E-state index contributed by atoms with van der Waals surface area (Å²) < 4.78 is 0. The second-order valence-electron chi connectivity index (χ2n) is 6.34. The van der Waals surface area contributed by atoms with Gasteiger partial charge in [-0.15, -0.1) is 0 Å². The molecule has 2 aliphatic rings. The van der Waals surface area contributed by atoms with Crippen molar-refractivity contribution in [2.24, 2.45) is 0 Å². The molecule has 1 saturated carbocycles. The molecule has 2 atom stereocenters. The number of likely N-dealkylation sites (N-methyl/N-ethyl adjacent to an activating group) is 1. The number of rotatable bonds is 4. The van der Waals surface area contributed by atoms with Gasteiger partial charge in [-0.05, 0) is 39.7 Å². The van der Waals surface area contributed by atoms with E-state index in [1.807, 2.05) is 0 Å². The van der Waals surface area contributed by atoms with Crippen molar-refractivity contribution in [1.82, 2.24) is 9.80 Å². The Labute approximate surface area is 116 Å². The molecule has 0 aromatic heterocycles. The maximum Gasteiger partial charge on any atom is 0.303 e. The van der Waals surface area contributed by atoms with Crippen LogP contribution in [0.5, 0.6) is 0 Å². The molecule has 0 aromatic rings. The molecule has 2 fully saturated rings. The molecule has 2 unspecified atom stereocenters. The Bertz CT molecular complexity index is 303. The lowest BCUT2D eigenvalue weighted by atomic mass is 10.1. The van der Waals surface area contributed by atoms with Crippen LogP contribution in [0.1, 0.15) is 51.9 Å². The summed E-state index contributed by atoms with van der Waals surface area (Å²) in [5.74, 6) is -0.661. The Kier molecular flexibility index (Phi) is 5.22. The molecular formula is C15H28N2O2. The van der Waals surface area contributed by atoms with Gasteiger partial charge >= 0.3 is 5.97 Å². The first-order valence-electron chi connectivity index (χ1n) is 7.75. The predicted molar refractivity (Wildman–Crippen MR) is 76.3 cm³/mol. The third kappa shape index (κ3) is 3.93. The molecule has 1 N–H and O–H groups in total. The van der Waals surface area contributed by atoms with E-state index in [1.54, 1.807) is 0 Å². The Morgan fingerprint density at radius 1 is 1.26 bits per heavy atom. The minimum absolute atomic E-state index is 0.302. The van der Waals surface area contributed by atoms with Crippen molar-refractivity contribution >= 4 is 5.97 Å². The summed E-state index contributed by atoms with van der Waals surface area (Å²) in [5.41, 5.74) is 0. The van der Waals surface area contributed by atoms with Crippen LogP contribution in [0.4, 0.5) is 0 Å². The fourth-order valence-electron chi connectivity index (χ4n) is 3.62. The van der Waals surface area contributed by atoms with Gasteiger partial charge in [-0.2, -0.15) is 0 Å². The van der Waals surface area contributed by atoms with Gasteiger partial charge < -0.3 is 10.0 Å². The molecule has 0 amide bonds. The van der Waals surface area contributed by atoms with Gasteiger partial charge in [-0.25, -0.2) is 0 Å². The number of carboxylic acids is 1. The minimum atomic E-state index is -0.661. The molecule has 0 aromatic carbocycles. The van der Waals surface area contributed by atoms with Gasteiger partial charge in [-0.1, -0.05) is 12.8 Å². The van der Waals surface area contributed by atoms with Gasteiger partial charge in [0.05, 0.1) is 0 Å². The van der Waals surface area contributed by atoms with E-state index in [1.165, 1.54) is 32.1 Å². The fraction of sp³-hybridized carbons (Fsp3) is 0.933. The zero-order valence-electron chi connectivity index (χ0n) is 12.3. The third-order valence-corrected chi connectivity index (χ3v) is 5.01. The van der Waals surface area contributed by atoms with E-state index < -0.39 is 5.97 Å². The normalized spacial score (nSPS) is 31.5. The minimum Gasteiger partial charge on any atom is -0.481 e. The summed E-state index contributed by atoms with van der Waals surface area (Å²) in [6, 6.07) is 1.74. The zero-order chi connectivity index (χ0) is 13.8. The Morgan fingerprint density at radius 3 is 2.58 bits per heavy atom. The number of carbonyl (C=O) groups is 1. The smallest absolute Gasteiger partial charge is 0.303 e. The lowest BCUT2D eigenvalue weighted by Gasteiger charge is -2.35. The first kappa shape index (κ1) is 14.8. The Balaban J connectivity index is 2.03. The lowest BCUT2D eigenvalue weighted by molar-refractivity contribution is -0.137. The highest BCUT2D eigenvalue weighted by Gasteiger charge is 2.32. The van der Waals surface area contributed by atoms with E-state index in [4.69, 9.17) is 5.11 Å². The molecule has 0 spiro atoms. The van der Waals surface area contributed by atoms with E-state index in [0.717, 1.165) is 19.5 Å². The SMILES string of the molecule is CC1CCN(C2CCCC2)C(CCC(=O)O)CN1C. The van der Waals surface area contributed by atoms with Crippen LogP contribution in [0.25, 0.3) is 0 Å². The van der Waals surface area contributed by atoms with E-state index in [0.29, 0.717) is 24.5 Å². The molecule has 1 aliphatic heterocycles. The quantitative estimate of drug-likeness (QED) is 0.849. The molecule has 1 saturated heterocycles. The van der Waals surface area contributed by atoms with Crippen molar-refractivity contribution in [1.29, 1.82) is 0 Å². The van der Waals surface area contributed by atoms with Crippen molar-refractivity contribution in [3.8, 4) is 0 Å². The van der Waals surface area contributed by atoms with Crippen molar-refractivity contribution in [3.05, 3.63) is 0 Å². The molecule has 1 heterocycles. The first-order valence-corrected chi connectivity index (χ1v) is 7.75. The number of hydrogen-bond acceptors (Lipinski definition) is 3. The van der Waals surface area contributed by atoms with E-state index >= 15 is 0 Å². The van der Waals surface area contributed by atoms with Crippen molar-refractivity contribution < 1.29 is 9.90 Å². The van der Waals surface area contributed by atoms with Gasteiger partial charge in [-0.3, -0.25) is 9.69 Å². The Morgan fingerprint density at radius 2 is 1.95 bits per heavy atom. The van der Waals surface area contributed by atoms with Crippen LogP contribution in [-0.2, 0) is 4.79 Å². The zero-order valence-corrected chi connectivity index (χ0v) is 12.3. The van der Waals surface area contributed by atoms with Crippen LogP contribution >= 0.6 is 0 Å². The summed E-state index contributed by atoms with van der Waals surface area (Å²) in [5, 5.41) is 8.95. The summed E-state index contributed by atoms with van der Waals surface area (Å²) in [6.07, 6.45) is 7.61. The van der Waals surface area contributed by atoms with Gasteiger partial charge in [0.25, 0.3) is 0 Å². The maximum atomic E-state index is 10.9. The van der Waals surface area contributed by atoms with Crippen LogP contribution in [0, 0.1) is 0 Å². The Hall–Kier alpha value is -0.610. The van der Waals surface area contributed by atoms with Crippen molar-refractivity contribution in [2.45, 2.75) is 70.0 Å². The van der Waals surface area contributed by atoms with E-state index in [2.05, 4.69) is 23.8 Å². The summed E-state index contributed by atoms with van der Waals surface area (Å²) in [4.78, 5) is 15.9. The molecule has 19 heavy (non-hydrogen) atoms. The molecule has 1 aliphatic carbocycles. The van der Waals surface area contributed by atoms with Crippen LogP contribution in [0.2, 0.25) is 0 Å². The van der Waals surface area contributed by atoms with Crippen LogP contribution < -0.4 is 0 Å². The average Bonchev–Trinajstić information content (AvgIpc) is 2.84. The lowest BCUT2D eigenvalue weighted by Crippen LogP contribution is -2.45. The number of hydrogen-bond donors (Lipinski definition) is 1. The molecule has 4 heteroatoms. The molecular weight excluding hydrogens is 240 g/mol. The second-order valence-corrected chi connectivity index (χ2v) is 6.34. The molecule has 0 radical (unpaired) electrons. The summed E-state index contributed by atoms with van der Waals surface area (Å²) >= 11 is 0. The molecule has 110 valence electrons. The topological polar surface area (TPSA) is 43.8 Å². The molecule has 0 bridgehead atoms. The van der Waals surface area contributed by atoms with Crippen LogP contribution in [0.3, 0.4) is 0 Å². The summed E-state index contributed by atoms with van der Waals surface area (Å²) in [6.45, 7) is 4.44. The van der Waals surface area contributed by atoms with E-state index in [9.17, 15) is 4.79 Å². The predicted octanol–water partition coefficient (Wildman–Crippen LogP) is 2.19. The van der Waals surface area contributed by atoms with Gasteiger partial charge in [0.1, 0.15) is 0 Å². The highest BCUT2D eigenvalue weighted by Crippen LogP contribution is 2.29. The van der Waals surface area contributed by atoms with Crippen LogP contribution in [-0.4, -0.2) is 59.1 Å². The van der Waals surface area contributed by atoms with Gasteiger partial charge in [0.2, 0.25) is 0 Å². The highest BCUT2D eigenvalue weighted by atomic mass is 16.4. The average molecular weight is 268 g/mol. The van der Waals surface area contributed by atoms with Gasteiger partial charge in [0.15, 0.2) is 0 Å². The van der Waals surface area contributed by atoms with Crippen LogP contribution in [0.15, 0.2) is 0 Å². The van der Waals surface area contributed by atoms with E-state index in [-0.39, 0.29) is 0 Å². The van der Waals surface area contributed by atoms with Crippen molar-refractivity contribution in [3.63, 3.8) is 0 Å². The third-order valence-electron chi connectivity index (χ3n) is 5.01.